The van der Waals surface area contributed by atoms with Crippen LogP contribution in [0, 0.1) is 11.7 Å². The molecule has 2 saturated heterocycles. The van der Waals surface area contributed by atoms with Crippen molar-refractivity contribution in [3.05, 3.63) is 35.1 Å². The van der Waals surface area contributed by atoms with Crippen molar-refractivity contribution in [2.75, 3.05) is 7.05 Å². The van der Waals surface area contributed by atoms with E-state index < -0.39 is 17.6 Å². The van der Waals surface area contributed by atoms with E-state index in [1.165, 1.54) is 6.07 Å². The number of halogens is 4. The first-order chi connectivity index (χ1) is 9.90. The largest absolute Gasteiger partial charge is 0.419 e. The topological polar surface area (TPSA) is 21.3 Å². The Kier molecular flexibility index (Phi) is 3.69. The Hall–Kier alpha value is -1.14. The van der Waals surface area contributed by atoms with Crippen molar-refractivity contribution in [2.45, 2.75) is 43.7 Å². The Morgan fingerprint density at radius 2 is 2.05 bits per heavy atom. The van der Waals surface area contributed by atoms with Crippen molar-refractivity contribution in [1.82, 2.24) is 5.32 Å². The van der Waals surface area contributed by atoms with Crippen molar-refractivity contribution in [3.63, 3.8) is 0 Å². The van der Waals surface area contributed by atoms with Crippen molar-refractivity contribution in [2.24, 2.45) is 5.92 Å². The predicted octanol–water partition coefficient (Wildman–Crippen LogP) is 3.67. The van der Waals surface area contributed by atoms with E-state index in [-0.39, 0.29) is 24.2 Å². The van der Waals surface area contributed by atoms with E-state index in [0.29, 0.717) is 5.56 Å². The molecule has 0 aromatic heterocycles. The van der Waals surface area contributed by atoms with Crippen LogP contribution < -0.4 is 5.32 Å². The summed E-state index contributed by atoms with van der Waals surface area (Å²) >= 11 is 0. The molecule has 2 nitrogen and oxygen atoms in total. The number of hydrogen-bond acceptors (Lipinski definition) is 2. The fraction of sp³-hybridized carbons (Fsp3) is 0.600. The molecule has 0 amide bonds. The fourth-order valence-electron chi connectivity index (χ4n) is 3.61. The fourth-order valence-corrected chi connectivity index (χ4v) is 3.61. The summed E-state index contributed by atoms with van der Waals surface area (Å²) in [5, 5.41) is 3.07. The number of benzene rings is 1. The third kappa shape index (κ3) is 2.66. The van der Waals surface area contributed by atoms with E-state index in [0.717, 1.165) is 31.4 Å². The van der Waals surface area contributed by atoms with Gasteiger partial charge in [-0.05, 0) is 44.0 Å². The molecule has 2 aliphatic rings. The summed E-state index contributed by atoms with van der Waals surface area (Å²) < 4.78 is 57.7. The molecule has 2 bridgehead atoms. The van der Waals surface area contributed by atoms with Gasteiger partial charge in [-0.25, -0.2) is 4.39 Å². The van der Waals surface area contributed by atoms with Gasteiger partial charge >= 0.3 is 6.18 Å². The maximum Gasteiger partial charge on any atom is 0.419 e. The van der Waals surface area contributed by atoms with Gasteiger partial charge in [0.15, 0.2) is 0 Å². The van der Waals surface area contributed by atoms with Crippen LogP contribution in [0.3, 0.4) is 0 Å². The molecule has 1 aromatic rings. The van der Waals surface area contributed by atoms with Gasteiger partial charge in [0, 0.05) is 12.0 Å². The second-order valence-electron chi connectivity index (χ2n) is 5.78. The van der Waals surface area contributed by atoms with Crippen LogP contribution in [-0.2, 0) is 10.9 Å². The minimum absolute atomic E-state index is 0.0897. The maximum atomic E-state index is 13.4. The van der Waals surface area contributed by atoms with Crippen molar-refractivity contribution in [1.29, 1.82) is 0 Å². The van der Waals surface area contributed by atoms with Crippen LogP contribution in [-0.4, -0.2) is 19.3 Å². The molecule has 2 fully saturated rings. The van der Waals surface area contributed by atoms with Crippen LogP contribution in [0.5, 0.6) is 0 Å². The van der Waals surface area contributed by atoms with E-state index in [4.69, 9.17) is 4.74 Å². The van der Waals surface area contributed by atoms with E-state index in [1.54, 1.807) is 7.05 Å². The highest BCUT2D eigenvalue weighted by Gasteiger charge is 2.45. The summed E-state index contributed by atoms with van der Waals surface area (Å²) in [5.41, 5.74) is -0.739. The first-order valence-electron chi connectivity index (χ1n) is 7.09. The highest BCUT2D eigenvalue weighted by atomic mass is 19.4. The molecule has 2 aliphatic heterocycles. The van der Waals surface area contributed by atoms with Crippen LogP contribution >= 0.6 is 0 Å². The lowest BCUT2D eigenvalue weighted by Gasteiger charge is -2.29. The zero-order valence-electron chi connectivity index (χ0n) is 11.6. The summed E-state index contributed by atoms with van der Waals surface area (Å²) in [4.78, 5) is 0. The molecule has 21 heavy (non-hydrogen) atoms. The van der Waals surface area contributed by atoms with Crippen molar-refractivity contribution >= 4 is 0 Å². The normalized spacial score (nSPS) is 29.9. The van der Waals surface area contributed by atoms with Gasteiger partial charge in [-0.3, -0.25) is 0 Å². The minimum Gasteiger partial charge on any atom is -0.375 e. The van der Waals surface area contributed by atoms with Gasteiger partial charge in [0.2, 0.25) is 0 Å². The first-order valence-corrected chi connectivity index (χ1v) is 7.09. The number of alkyl halides is 3. The van der Waals surface area contributed by atoms with Gasteiger partial charge in [0.05, 0.1) is 17.8 Å². The number of ether oxygens (including phenoxy) is 1. The molecule has 2 heterocycles. The molecule has 1 N–H and O–H groups in total. The molecule has 116 valence electrons. The number of nitrogens with one attached hydrogen (secondary N) is 1. The first kappa shape index (κ1) is 14.8. The number of rotatable bonds is 3. The van der Waals surface area contributed by atoms with Crippen LogP contribution in [0.4, 0.5) is 17.6 Å². The summed E-state index contributed by atoms with van der Waals surface area (Å²) in [6.07, 6.45) is -1.56. The number of fused-ring (bicyclic) bond motifs is 2. The van der Waals surface area contributed by atoms with Crippen LogP contribution in [0.2, 0.25) is 0 Å². The van der Waals surface area contributed by atoms with Gasteiger partial charge in [-0.2, -0.15) is 13.2 Å². The van der Waals surface area contributed by atoms with Crippen LogP contribution in [0.15, 0.2) is 18.2 Å². The maximum absolute atomic E-state index is 13.4. The second-order valence-corrected chi connectivity index (χ2v) is 5.78. The highest BCUT2D eigenvalue weighted by Crippen LogP contribution is 2.45. The Morgan fingerprint density at radius 3 is 2.57 bits per heavy atom. The smallest absolute Gasteiger partial charge is 0.375 e. The van der Waals surface area contributed by atoms with Gasteiger partial charge in [0.25, 0.3) is 0 Å². The van der Waals surface area contributed by atoms with E-state index in [1.807, 2.05) is 0 Å². The van der Waals surface area contributed by atoms with E-state index in [2.05, 4.69) is 5.32 Å². The molecule has 0 spiro atoms. The molecule has 0 aliphatic carbocycles. The van der Waals surface area contributed by atoms with Gasteiger partial charge in [-0.1, -0.05) is 6.07 Å². The van der Waals surface area contributed by atoms with Gasteiger partial charge < -0.3 is 10.1 Å². The Labute approximate surface area is 120 Å². The molecule has 0 saturated carbocycles. The Morgan fingerprint density at radius 1 is 1.29 bits per heavy atom. The SMILES string of the molecule is CNC(c1ccc(F)c(C(F)(F)F)c1)C1CC2CCC1O2. The predicted molar refractivity (Wildman–Crippen MR) is 69.2 cm³/mol. The lowest BCUT2D eigenvalue weighted by molar-refractivity contribution is -0.140. The quantitative estimate of drug-likeness (QED) is 0.860. The standard InChI is InChI=1S/C15H17F4NO/c1-20-14(10-7-9-3-5-13(10)21-9)8-2-4-12(16)11(6-8)15(17,18)19/h2,4,6,9-10,13-14,20H,3,5,7H2,1H3. The highest BCUT2D eigenvalue weighted by molar-refractivity contribution is 5.30. The van der Waals surface area contributed by atoms with E-state index >= 15 is 0 Å². The molecule has 3 rings (SSSR count). The molecule has 6 heteroatoms. The van der Waals surface area contributed by atoms with E-state index in [9.17, 15) is 17.6 Å². The molecular formula is C15H17F4NO. The average molecular weight is 303 g/mol. The third-order valence-corrected chi connectivity index (χ3v) is 4.55. The van der Waals surface area contributed by atoms with Crippen molar-refractivity contribution in [3.8, 4) is 0 Å². The summed E-state index contributed by atoms with van der Waals surface area (Å²) in [6.45, 7) is 0. The monoisotopic (exact) mass is 303 g/mol. The lowest BCUT2D eigenvalue weighted by atomic mass is 9.81. The van der Waals surface area contributed by atoms with Crippen LogP contribution in [0.25, 0.3) is 0 Å². The molecule has 4 unspecified atom stereocenters. The third-order valence-electron chi connectivity index (χ3n) is 4.55. The average Bonchev–Trinajstić information content (AvgIpc) is 3.03. The summed E-state index contributed by atoms with van der Waals surface area (Å²) in [6, 6.07) is 3.00. The molecule has 0 radical (unpaired) electrons. The molecular weight excluding hydrogens is 286 g/mol. The Balaban J connectivity index is 1.91. The zero-order valence-corrected chi connectivity index (χ0v) is 11.6. The molecule has 4 atom stereocenters. The lowest BCUT2D eigenvalue weighted by Crippen LogP contribution is -2.32. The summed E-state index contributed by atoms with van der Waals surface area (Å²) in [5.74, 6) is -1.09. The van der Waals surface area contributed by atoms with Gasteiger partial charge in [0.1, 0.15) is 5.82 Å². The minimum atomic E-state index is -4.68. The van der Waals surface area contributed by atoms with Crippen molar-refractivity contribution < 1.29 is 22.3 Å². The Bertz CT molecular complexity index is 531. The second kappa shape index (κ2) is 5.25. The summed E-state index contributed by atoms with van der Waals surface area (Å²) in [7, 11) is 1.72. The van der Waals surface area contributed by atoms with Crippen LogP contribution in [0.1, 0.15) is 36.4 Å². The van der Waals surface area contributed by atoms with Gasteiger partial charge in [-0.15, -0.1) is 0 Å². The molecule has 1 aromatic carbocycles. The zero-order chi connectivity index (χ0) is 15.2. The number of hydrogen-bond donors (Lipinski definition) is 1.